The van der Waals surface area contributed by atoms with Crippen LogP contribution in [-0.2, 0) is 5.41 Å². The van der Waals surface area contributed by atoms with Crippen molar-refractivity contribution in [3.8, 4) is 0 Å². The SMILES string of the molecule is Cc1oc2nc(C(C)(C)CF)nc(NC3(C)CC3)c2c1C(N)=O. The molecule has 0 unspecified atom stereocenters. The molecule has 0 aliphatic heterocycles. The number of halogens is 1. The number of nitrogens with one attached hydrogen (secondary N) is 1. The van der Waals surface area contributed by atoms with Gasteiger partial charge in [0, 0.05) is 5.54 Å². The minimum absolute atomic E-state index is 0.0709. The molecule has 0 aromatic carbocycles. The lowest BCUT2D eigenvalue weighted by Crippen LogP contribution is -2.25. The summed E-state index contributed by atoms with van der Waals surface area (Å²) in [6.07, 6.45) is 2.01. The Labute approximate surface area is 133 Å². The quantitative estimate of drug-likeness (QED) is 0.883. The first kappa shape index (κ1) is 15.7. The first-order valence-corrected chi connectivity index (χ1v) is 7.62. The van der Waals surface area contributed by atoms with Crippen LogP contribution in [0, 0.1) is 6.92 Å². The third-order valence-corrected chi connectivity index (χ3v) is 4.33. The average Bonchev–Trinajstić information content (AvgIpc) is 3.07. The zero-order valence-electron chi connectivity index (χ0n) is 13.8. The van der Waals surface area contributed by atoms with E-state index in [0.717, 1.165) is 12.8 Å². The number of aryl methyl sites for hydroxylation is 1. The van der Waals surface area contributed by atoms with Gasteiger partial charge < -0.3 is 15.5 Å². The van der Waals surface area contributed by atoms with Gasteiger partial charge in [0.1, 0.15) is 24.1 Å². The maximum Gasteiger partial charge on any atom is 0.253 e. The molecule has 124 valence electrons. The Morgan fingerprint density at radius 1 is 1.43 bits per heavy atom. The highest BCUT2D eigenvalue weighted by Gasteiger charge is 2.39. The Bertz CT molecular complexity index is 793. The molecule has 1 saturated carbocycles. The number of carbonyl (C=O) groups excluding carboxylic acids is 1. The van der Waals surface area contributed by atoms with Crippen LogP contribution >= 0.6 is 0 Å². The predicted octanol–water partition coefficient (Wildman–Crippen LogP) is 2.84. The van der Waals surface area contributed by atoms with Crippen LogP contribution in [0.3, 0.4) is 0 Å². The second kappa shape index (κ2) is 4.91. The van der Waals surface area contributed by atoms with Crippen molar-refractivity contribution in [2.24, 2.45) is 5.73 Å². The number of hydrogen-bond donors (Lipinski definition) is 2. The lowest BCUT2D eigenvalue weighted by molar-refractivity contribution is 0.1000. The van der Waals surface area contributed by atoms with Crippen molar-refractivity contribution in [3.63, 3.8) is 0 Å². The summed E-state index contributed by atoms with van der Waals surface area (Å²) in [5.41, 5.74) is 5.10. The van der Waals surface area contributed by atoms with Crippen LogP contribution in [0.5, 0.6) is 0 Å². The number of anilines is 1. The van der Waals surface area contributed by atoms with E-state index in [1.165, 1.54) is 0 Å². The highest BCUT2D eigenvalue weighted by atomic mass is 19.1. The van der Waals surface area contributed by atoms with Gasteiger partial charge in [-0.2, -0.15) is 4.98 Å². The third-order valence-electron chi connectivity index (χ3n) is 4.33. The molecule has 0 radical (unpaired) electrons. The monoisotopic (exact) mass is 320 g/mol. The van der Waals surface area contributed by atoms with E-state index in [9.17, 15) is 9.18 Å². The van der Waals surface area contributed by atoms with Crippen LogP contribution in [0.25, 0.3) is 11.1 Å². The van der Waals surface area contributed by atoms with Crippen LogP contribution < -0.4 is 11.1 Å². The Morgan fingerprint density at radius 2 is 2.09 bits per heavy atom. The van der Waals surface area contributed by atoms with Gasteiger partial charge in [-0.05, 0) is 26.7 Å². The van der Waals surface area contributed by atoms with Gasteiger partial charge in [0.05, 0.1) is 16.4 Å². The minimum atomic E-state index is -0.845. The van der Waals surface area contributed by atoms with Gasteiger partial charge in [-0.1, -0.05) is 13.8 Å². The summed E-state index contributed by atoms with van der Waals surface area (Å²) in [6, 6.07) is 0. The molecule has 0 saturated heterocycles. The van der Waals surface area contributed by atoms with Gasteiger partial charge >= 0.3 is 0 Å². The van der Waals surface area contributed by atoms with Crippen LogP contribution in [-0.4, -0.2) is 28.1 Å². The highest BCUT2D eigenvalue weighted by molar-refractivity contribution is 6.09. The van der Waals surface area contributed by atoms with Crippen molar-refractivity contribution in [2.45, 2.75) is 51.5 Å². The van der Waals surface area contributed by atoms with Crippen LogP contribution in [0.1, 0.15) is 55.6 Å². The molecule has 2 aromatic heterocycles. The lowest BCUT2D eigenvalue weighted by Gasteiger charge is -2.21. The van der Waals surface area contributed by atoms with Crippen molar-refractivity contribution < 1.29 is 13.6 Å². The van der Waals surface area contributed by atoms with E-state index in [1.54, 1.807) is 20.8 Å². The number of primary amides is 1. The summed E-state index contributed by atoms with van der Waals surface area (Å²) in [4.78, 5) is 20.6. The number of carbonyl (C=O) groups is 1. The van der Waals surface area contributed by atoms with E-state index in [1.807, 2.05) is 0 Å². The molecule has 2 heterocycles. The number of nitrogens with zero attached hydrogens (tertiary/aromatic N) is 2. The van der Waals surface area contributed by atoms with Gasteiger partial charge in [0.25, 0.3) is 5.91 Å². The first-order chi connectivity index (χ1) is 10.7. The maximum atomic E-state index is 13.3. The Kier molecular flexibility index (Phi) is 3.35. The fraction of sp³-hybridized carbons (Fsp3) is 0.562. The second-order valence-electron chi connectivity index (χ2n) is 7.18. The molecule has 0 bridgehead atoms. The second-order valence-corrected chi connectivity index (χ2v) is 7.18. The molecule has 1 fully saturated rings. The Hall–Kier alpha value is -2.18. The third kappa shape index (κ3) is 2.64. The molecule has 7 heteroatoms. The molecular weight excluding hydrogens is 299 g/mol. The molecule has 3 rings (SSSR count). The van der Waals surface area contributed by atoms with Crippen molar-refractivity contribution in [1.29, 1.82) is 0 Å². The topological polar surface area (TPSA) is 94.0 Å². The Balaban J connectivity index is 2.27. The molecule has 1 aliphatic rings. The van der Waals surface area contributed by atoms with Gasteiger partial charge in [-0.25, -0.2) is 4.98 Å². The number of furan rings is 1. The summed E-state index contributed by atoms with van der Waals surface area (Å²) in [5, 5.41) is 3.81. The summed E-state index contributed by atoms with van der Waals surface area (Å²) < 4.78 is 18.9. The smallest absolute Gasteiger partial charge is 0.253 e. The highest BCUT2D eigenvalue weighted by Crippen LogP contribution is 2.41. The average molecular weight is 320 g/mol. The summed E-state index contributed by atoms with van der Waals surface area (Å²) in [6.45, 7) is 6.57. The largest absolute Gasteiger partial charge is 0.442 e. The normalized spacial score (nSPS) is 16.6. The molecule has 1 amide bonds. The number of nitrogens with two attached hydrogens (primary N) is 1. The summed E-state index contributed by atoms with van der Waals surface area (Å²) in [5.74, 6) is 0.619. The molecule has 3 N–H and O–H groups in total. The van der Waals surface area contributed by atoms with Crippen molar-refractivity contribution in [2.75, 3.05) is 12.0 Å². The van der Waals surface area contributed by atoms with Crippen molar-refractivity contribution in [3.05, 3.63) is 17.1 Å². The number of amides is 1. The standard InChI is InChI=1S/C16H21FN4O2/c1-8-9(11(18)22)10-12(21-16(4)5-6-16)19-14(15(2,3)7-17)20-13(10)23-8/h5-7H2,1-4H3,(H2,18,22)(H,19,20,21). The van der Waals surface area contributed by atoms with E-state index in [0.29, 0.717) is 22.8 Å². The molecule has 1 aliphatic carbocycles. The van der Waals surface area contributed by atoms with Gasteiger partial charge in [-0.3, -0.25) is 9.18 Å². The molecular formula is C16H21FN4O2. The number of aromatic nitrogens is 2. The van der Waals surface area contributed by atoms with E-state index < -0.39 is 18.0 Å². The summed E-state index contributed by atoms with van der Waals surface area (Å²) in [7, 11) is 0. The van der Waals surface area contributed by atoms with Crippen molar-refractivity contribution >= 4 is 22.8 Å². The molecule has 0 atom stereocenters. The number of rotatable bonds is 5. The zero-order chi connectivity index (χ0) is 17.0. The maximum absolute atomic E-state index is 13.3. The zero-order valence-corrected chi connectivity index (χ0v) is 13.8. The van der Waals surface area contributed by atoms with E-state index >= 15 is 0 Å². The molecule has 2 aromatic rings. The first-order valence-electron chi connectivity index (χ1n) is 7.62. The predicted molar refractivity (Wildman–Crippen MR) is 85.3 cm³/mol. The lowest BCUT2D eigenvalue weighted by atomic mass is 9.94. The van der Waals surface area contributed by atoms with Crippen LogP contribution in [0.2, 0.25) is 0 Å². The fourth-order valence-corrected chi connectivity index (χ4v) is 2.46. The van der Waals surface area contributed by atoms with Gasteiger partial charge in [0.2, 0.25) is 5.71 Å². The van der Waals surface area contributed by atoms with E-state index in [4.69, 9.17) is 10.2 Å². The number of fused-ring (bicyclic) bond motifs is 1. The molecule has 23 heavy (non-hydrogen) atoms. The van der Waals surface area contributed by atoms with Crippen LogP contribution in [0.15, 0.2) is 4.42 Å². The van der Waals surface area contributed by atoms with E-state index in [-0.39, 0.29) is 16.8 Å². The number of hydrogen-bond acceptors (Lipinski definition) is 5. The fourth-order valence-electron chi connectivity index (χ4n) is 2.46. The summed E-state index contributed by atoms with van der Waals surface area (Å²) >= 11 is 0. The molecule has 0 spiro atoms. The van der Waals surface area contributed by atoms with Crippen LogP contribution in [0.4, 0.5) is 10.2 Å². The van der Waals surface area contributed by atoms with Crippen molar-refractivity contribution in [1.82, 2.24) is 9.97 Å². The molecule has 6 nitrogen and oxygen atoms in total. The Morgan fingerprint density at radius 3 is 2.61 bits per heavy atom. The number of alkyl halides is 1. The van der Waals surface area contributed by atoms with Gasteiger partial charge in [0.15, 0.2) is 0 Å². The minimum Gasteiger partial charge on any atom is -0.442 e. The van der Waals surface area contributed by atoms with Gasteiger partial charge in [-0.15, -0.1) is 0 Å². The van der Waals surface area contributed by atoms with E-state index in [2.05, 4.69) is 22.2 Å².